The van der Waals surface area contributed by atoms with Crippen LogP contribution in [-0.4, -0.2) is 12.6 Å². The molecule has 0 saturated heterocycles. The maximum absolute atomic E-state index is 6.01. The molecule has 0 amide bonds. The number of hydrogen-bond donors (Lipinski definition) is 2. The third kappa shape index (κ3) is 3.57. The SMILES string of the molecule is NC(=NCc1cc(Br)cs1)NC1CCOc2ccccc21. The van der Waals surface area contributed by atoms with Gasteiger partial charge >= 0.3 is 0 Å². The minimum Gasteiger partial charge on any atom is -0.493 e. The number of thiophene rings is 1. The van der Waals surface area contributed by atoms with Crippen LogP contribution >= 0.6 is 27.3 Å². The number of rotatable bonds is 3. The van der Waals surface area contributed by atoms with Gasteiger partial charge in [-0.1, -0.05) is 18.2 Å². The Bertz CT molecular complexity index is 656. The van der Waals surface area contributed by atoms with Gasteiger partial charge in [0.1, 0.15) is 5.75 Å². The quantitative estimate of drug-likeness (QED) is 0.646. The second-order valence-corrected chi connectivity index (χ2v) is 6.72. The zero-order valence-corrected chi connectivity index (χ0v) is 13.8. The van der Waals surface area contributed by atoms with E-state index in [1.165, 1.54) is 4.88 Å². The number of aliphatic imine (C=N–C) groups is 1. The van der Waals surface area contributed by atoms with Gasteiger partial charge in [0.2, 0.25) is 0 Å². The van der Waals surface area contributed by atoms with E-state index in [1.54, 1.807) is 11.3 Å². The molecule has 1 aromatic heterocycles. The highest BCUT2D eigenvalue weighted by Crippen LogP contribution is 2.31. The zero-order valence-electron chi connectivity index (χ0n) is 11.4. The van der Waals surface area contributed by atoms with Crippen LogP contribution < -0.4 is 15.8 Å². The second kappa shape index (κ2) is 6.49. The highest BCUT2D eigenvalue weighted by molar-refractivity contribution is 9.10. The first kappa shape index (κ1) is 14.4. The Morgan fingerprint density at radius 1 is 1.48 bits per heavy atom. The number of fused-ring (bicyclic) bond motifs is 1. The Morgan fingerprint density at radius 2 is 2.33 bits per heavy atom. The summed E-state index contributed by atoms with van der Waals surface area (Å²) >= 11 is 5.11. The summed E-state index contributed by atoms with van der Waals surface area (Å²) in [6.45, 7) is 1.29. The summed E-state index contributed by atoms with van der Waals surface area (Å²) in [5.41, 5.74) is 7.15. The summed E-state index contributed by atoms with van der Waals surface area (Å²) in [6, 6.07) is 10.3. The van der Waals surface area contributed by atoms with Crippen LogP contribution in [0, 0.1) is 0 Å². The van der Waals surface area contributed by atoms with Crippen molar-refractivity contribution >= 4 is 33.2 Å². The van der Waals surface area contributed by atoms with Crippen molar-refractivity contribution in [3.8, 4) is 5.75 Å². The number of nitrogens with one attached hydrogen (secondary N) is 1. The van der Waals surface area contributed by atoms with E-state index in [-0.39, 0.29) is 6.04 Å². The minimum atomic E-state index is 0.161. The summed E-state index contributed by atoms with van der Waals surface area (Å²) in [5, 5.41) is 5.34. The van der Waals surface area contributed by atoms with Crippen LogP contribution in [0.5, 0.6) is 5.75 Å². The number of nitrogens with zero attached hydrogens (tertiary/aromatic N) is 1. The Balaban J connectivity index is 1.66. The molecule has 6 heteroatoms. The minimum absolute atomic E-state index is 0.161. The van der Waals surface area contributed by atoms with Gasteiger partial charge in [-0.2, -0.15) is 0 Å². The van der Waals surface area contributed by atoms with Crippen molar-refractivity contribution in [3.63, 3.8) is 0 Å². The van der Waals surface area contributed by atoms with E-state index in [9.17, 15) is 0 Å². The van der Waals surface area contributed by atoms with Crippen LogP contribution in [0.3, 0.4) is 0 Å². The van der Waals surface area contributed by atoms with Crippen molar-refractivity contribution < 1.29 is 4.74 Å². The van der Waals surface area contributed by atoms with Gasteiger partial charge in [-0.25, -0.2) is 4.99 Å². The van der Waals surface area contributed by atoms with Gasteiger partial charge in [-0.05, 0) is 28.1 Å². The molecule has 2 aromatic rings. The number of nitrogens with two attached hydrogens (primary N) is 1. The standard InChI is InChI=1S/C15H16BrN3OS/c16-10-7-11(21-9-10)8-18-15(17)19-13-5-6-20-14-4-2-1-3-12(13)14/h1-4,7,9,13H,5-6,8H2,(H3,17,18,19). The summed E-state index contributed by atoms with van der Waals surface area (Å²) in [7, 11) is 0. The third-order valence-corrected chi connectivity index (χ3v) is 4.99. The highest BCUT2D eigenvalue weighted by Gasteiger charge is 2.21. The fourth-order valence-corrected chi connectivity index (χ4v) is 3.69. The molecule has 21 heavy (non-hydrogen) atoms. The van der Waals surface area contributed by atoms with Crippen LogP contribution in [0.4, 0.5) is 0 Å². The van der Waals surface area contributed by atoms with Crippen molar-refractivity contribution in [2.75, 3.05) is 6.61 Å². The molecule has 0 spiro atoms. The van der Waals surface area contributed by atoms with E-state index in [4.69, 9.17) is 10.5 Å². The fourth-order valence-electron chi connectivity index (χ4n) is 2.32. The van der Waals surface area contributed by atoms with Gasteiger partial charge < -0.3 is 15.8 Å². The topological polar surface area (TPSA) is 59.6 Å². The normalized spacial score (nSPS) is 18.0. The number of ether oxygens (including phenoxy) is 1. The second-order valence-electron chi connectivity index (χ2n) is 4.80. The van der Waals surface area contributed by atoms with Gasteiger partial charge in [0, 0.05) is 26.7 Å². The van der Waals surface area contributed by atoms with E-state index in [0.717, 1.165) is 22.2 Å². The molecule has 3 rings (SSSR count). The Morgan fingerprint density at radius 3 is 3.14 bits per heavy atom. The number of guanidine groups is 1. The Hall–Kier alpha value is -1.53. The zero-order chi connectivity index (χ0) is 14.7. The first-order chi connectivity index (χ1) is 10.2. The molecular formula is C15H16BrN3OS. The largest absolute Gasteiger partial charge is 0.493 e. The van der Waals surface area contributed by atoms with E-state index >= 15 is 0 Å². The molecule has 0 bridgehead atoms. The van der Waals surface area contributed by atoms with Crippen LogP contribution in [0.25, 0.3) is 0 Å². The molecule has 1 unspecified atom stereocenters. The molecule has 4 nitrogen and oxygen atoms in total. The first-order valence-corrected chi connectivity index (χ1v) is 8.41. The predicted molar refractivity (Wildman–Crippen MR) is 89.8 cm³/mol. The summed E-state index contributed by atoms with van der Waals surface area (Å²) < 4.78 is 6.73. The first-order valence-electron chi connectivity index (χ1n) is 6.73. The maximum Gasteiger partial charge on any atom is 0.189 e. The maximum atomic E-state index is 6.01. The number of benzene rings is 1. The molecule has 1 atom stereocenters. The van der Waals surface area contributed by atoms with Gasteiger partial charge in [0.05, 0.1) is 19.2 Å². The third-order valence-electron chi connectivity index (χ3n) is 3.31. The van der Waals surface area contributed by atoms with Crippen LogP contribution in [0.15, 0.2) is 45.2 Å². The lowest BCUT2D eigenvalue weighted by Gasteiger charge is -2.26. The van der Waals surface area contributed by atoms with Crippen LogP contribution in [-0.2, 0) is 6.54 Å². The van der Waals surface area contributed by atoms with E-state index in [2.05, 4.69) is 38.4 Å². The average molecular weight is 366 g/mol. The van der Waals surface area contributed by atoms with E-state index in [1.807, 2.05) is 23.6 Å². The molecule has 1 aliphatic heterocycles. The Labute approximate surface area is 136 Å². The lowest BCUT2D eigenvalue weighted by molar-refractivity contribution is 0.262. The number of halogens is 1. The molecule has 3 N–H and O–H groups in total. The molecule has 0 aliphatic carbocycles. The lowest BCUT2D eigenvalue weighted by Crippen LogP contribution is -2.37. The summed E-state index contributed by atoms with van der Waals surface area (Å²) in [5.74, 6) is 1.40. The van der Waals surface area contributed by atoms with Gasteiger partial charge in [0.25, 0.3) is 0 Å². The lowest BCUT2D eigenvalue weighted by atomic mass is 10.0. The fraction of sp³-hybridized carbons (Fsp3) is 0.267. The molecule has 0 radical (unpaired) electrons. The molecule has 0 fully saturated rings. The van der Waals surface area contributed by atoms with E-state index in [0.29, 0.717) is 19.1 Å². The Kier molecular flexibility index (Phi) is 4.45. The van der Waals surface area contributed by atoms with Crippen LogP contribution in [0.1, 0.15) is 22.9 Å². The van der Waals surface area contributed by atoms with Crippen molar-refractivity contribution in [1.82, 2.24) is 5.32 Å². The van der Waals surface area contributed by atoms with Gasteiger partial charge in [-0.3, -0.25) is 0 Å². The molecular weight excluding hydrogens is 350 g/mol. The van der Waals surface area contributed by atoms with Crippen LogP contribution in [0.2, 0.25) is 0 Å². The monoisotopic (exact) mass is 365 g/mol. The number of para-hydroxylation sites is 1. The average Bonchev–Trinajstić information content (AvgIpc) is 2.91. The molecule has 1 aliphatic rings. The predicted octanol–water partition coefficient (Wildman–Crippen LogP) is 3.44. The van der Waals surface area contributed by atoms with Crippen molar-refractivity contribution in [2.45, 2.75) is 19.0 Å². The molecule has 110 valence electrons. The molecule has 0 saturated carbocycles. The molecule has 1 aromatic carbocycles. The highest BCUT2D eigenvalue weighted by atomic mass is 79.9. The summed E-state index contributed by atoms with van der Waals surface area (Å²) in [4.78, 5) is 5.59. The molecule has 2 heterocycles. The smallest absolute Gasteiger partial charge is 0.189 e. The van der Waals surface area contributed by atoms with Gasteiger partial charge in [0.15, 0.2) is 5.96 Å². The summed E-state index contributed by atoms with van der Waals surface area (Å²) in [6.07, 6.45) is 0.887. The van der Waals surface area contributed by atoms with Crippen molar-refractivity contribution in [3.05, 3.63) is 50.6 Å². The van der Waals surface area contributed by atoms with Crippen molar-refractivity contribution in [2.24, 2.45) is 10.7 Å². The van der Waals surface area contributed by atoms with Crippen molar-refractivity contribution in [1.29, 1.82) is 0 Å². The van der Waals surface area contributed by atoms with Gasteiger partial charge in [-0.15, -0.1) is 11.3 Å². The number of hydrogen-bond acceptors (Lipinski definition) is 3. The van der Waals surface area contributed by atoms with E-state index < -0.39 is 0 Å².